The SMILES string of the molecule is CCN(CCO)C(=O)CSCc1ccncc1. The summed E-state index contributed by atoms with van der Waals surface area (Å²) in [5.41, 5.74) is 1.17. The van der Waals surface area contributed by atoms with Crippen LogP contribution in [-0.4, -0.2) is 46.3 Å². The lowest BCUT2D eigenvalue weighted by Crippen LogP contribution is -2.34. The molecule has 1 amide bonds. The molecular formula is C12H18N2O2S. The number of rotatable bonds is 7. The van der Waals surface area contributed by atoms with Crippen LogP contribution in [0.15, 0.2) is 24.5 Å². The van der Waals surface area contributed by atoms with E-state index in [0.717, 1.165) is 5.75 Å². The first-order valence-corrected chi connectivity index (χ1v) is 6.78. The summed E-state index contributed by atoms with van der Waals surface area (Å²) in [5.74, 6) is 1.35. The van der Waals surface area contributed by atoms with Gasteiger partial charge in [-0.05, 0) is 24.6 Å². The van der Waals surface area contributed by atoms with Gasteiger partial charge in [0, 0.05) is 31.2 Å². The Balaban J connectivity index is 2.28. The molecule has 0 aliphatic rings. The van der Waals surface area contributed by atoms with E-state index in [4.69, 9.17) is 5.11 Å². The van der Waals surface area contributed by atoms with Crippen LogP contribution in [-0.2, 0) is 10.5 Å². The maximum atomic E-state index is 11.7. The van der Waals surface area contributed by atoms with Crippen LogP contribution in [0.2, 0.25) is 0 Å². The van der Waals surface area contributed by atoms with Gasteiger partial charge in [-0.3, -0.25) is 9.78 Å². The minimum absolute atomic E-state index is 0.0224. The first-order valence-electron chi connectivity index (χ1n) is 5.63. The number of pyridine rings is 1. The van der Waals surface area contributed by atoms with E-state index >= 15 is 0 Å². The molecule has 5 heteroatoms. The zero-order chi connectivity index (χ0) is 12.5. The third-order valence-corrected chi connectivity index (χ3v) is 3.34. The highest BCUT2D eigenvalue weighted by Crippen LogP contribution is 2.11. The lowest BCUT2D eigenvalue weighted by Gasteiger charge is -2.19. The van der Waals surface area contributed by atoms with Crippen molar-refractivity contribution in [2.45, 2.75) is 12.7 Å². The number of aliphatic hydroxyl groups excluding tert-OH is 1. The number of thioether (sulfide) groups is 1. The summed E-state index contributed by atoms with van der Waals surface area (Å²) >= 11 is 1.58. The van der Waals surface area contributed by atoms with Crippen LogP contribution in [0.1, 0.15) is 12.5 Å². The number of aliphatic hydroxyl groups is 1. The molecule has 1 aromatic rings. The van der Waals surface area contributed by atoms with E-state index in [1.807, 2.05) is 19.1 Å². The molecule has 1 N–H and O–H groups in total. The minimum atomic E-state index is 0.0224. The third kappa shape index (κ3) is 5.19. The summed E-state index contributed by atoms with van der Waals surface area (Å²) in [4.78, 5) is 17.3. The standard InChI is InChI=1S/C12H18N2O2S/c1-2-14(7-8-15)12(16)10-17-9-11-3-5-13-6-4-11/h3-6,15H,2,7-10H2,1H3. The summed E-state index contributed by atoms with van der Waals surface area (Å²) in [6.07, 6.45) is 3.50. The molecular weight excluding hydrogens is 236 g/mol. The maximum absolute atomic E-state index is 11.7. The van der Waals surface area contributed by atoms with Crippen molar-refractivity contribution < 1.29 is 9.90 Å². The molecule has 94 valence electrons. The lowest BCUT2D eigenvalue weighted by atomic mass is 10.3. The van der Waals surface area contributed by atoms with Crippen molar-refractivity contribution in [3.05, 3.63) is 30.1 Å². The molecule has 0 spiro atoms. The van der Waals surface area contributed by atoms with Crippen LogP contribution in [0.4, 0.5) is 0 Å². The Morgan fingerprint density at radius 2 is 2.18 bits per heavy atom. The molecule has 0 bridgehead atoms. The van der Waals surface area contributed by atoms with E-state index in [2.05, 4.69) is 4.98 Å². The van der Waals surface area contributed by atoms with Gasteiger partial charge in [0.2, 0.25) is 5.91 Å². The van der Waals surface area contributed by atoms with Gasteiger partial charge in [-0.25, -0.2) is 0 Å². The van der Waals surface area contributed by atoms with E-state index in [0.29, 0.717) is 18.8 Å². The Kier molecular flexibility index (Phi) is 6.65. The highest BCUT2D eigenvalue weighted by atomic mass is 32.2. The molecule has 0 saturated carbocycles. The summed E-state index contributed by atoms with van der Waals surface area (Å²) < 4.78 is 0. The van der Waals surface area contributed by atoms with E-state index in [1.54, 1.807) is 29.1 Å². The summed E-state index contributed by atoms with van der Waals surface area (Å²) in [5, 5.41) is 8.81. The Morgan fingerprint density at radius 3 is 2.76 bits per heavy atom. The van der Waals surface area contributed by atoms with Crippen molar-refractivity contribution in [1.82, 2.24) is 9.88 Å². The van der Waals surface area contributed by atoms with Crippen LogP contribution in [0, 0.1) is 0 Å². The molecule has 4 nitrogen and oxygen atoms in total. The van der Waals surface area contributed by atoms with Gasteiger partial charge in [0.1, 0.15) is 0 Å². The van der Waals surface area contributed by atoms with Gasteiger partial charge in [0.25, 0.3) is 0 Å². The number of hydrogen-bond acceptors (Lipinski definition) is 4. The van der Waals surface area contributed by atoms with Gasteiger partial charge in [-0.1, -0.05) is 0 Å². The largest absolute Gasteiger partial charge is 0.395 e. The van der Waals surface area contributed by atoms with Crippen molar-refractivity contribution in [2.75, 3.05) is 25.4 Å². The molecule has 0 saturated heterocycles. The number of carbonyl (C=O) groups is 1. The number of hydrogen-bond donors (Lipinski definition) is 1. The molecule has 0 unspecified atom stereocenters. The molecule has 1 rings (SSSR count). The fourth-order valence-electron chi connectivity index (χ4n) is 1.41. The average molecular weight is 254 g/mol. The van der Waals surface area contributed by atoms with Crippen molar-refractivity contribution in [2.24, 2.45) is 0 Å². The predicted octanol–water partition coefficient (Wildman–Crippen LogP) is 1.16. The highest BCUT2D eigenvalue weighted by molar-refractivity contribution is 7.99. The summed E-state index contributed by atoms with van der Waals surface area (Å²) in [6.45, 7) is 3.01. The molecule has 0 aromatic carbocycles. The molecule has 17 heavy (non-hydrogen) atoms. The Hall–Kier alpha value is -1.07. The van der Waals surface area contributed by atoms with Gasteiger partial charge in [0.15, 0.2) is 0 Å². The Labute approximate surface area is 106 Å². The van der Waals surface area contributed by atoms with E-state index in [-0.39, 0.29) is 12.5 Å². The van der Waals surface area contributed by atoms with Crippen molar-refractivity contribution in [3.8, 4) is 0 Å². The number of aromatic nitrogens is 1. The summed E-state index contributed by atoms with van der Waals surface area (Å²) in [6, 6.07) is 3.89. The second-order valence-corrected chi connectivity index (χ2v) is 4.53. The van der Waals surface area contributed by atoms with Crippen molar-refractivity contribution in [3.63, 3.8) is 0 Å². The van der Waals surface area contributed by atoms with Gasteiger partial charge >= 0.3 is 0 Å². The minimum Gasteiger partial charge on any atom is -0.395 e. The number of amides is 1. The molecule has 0 radical (unpaired) electrons. The molecule has 0 aliphatic heterocycles. The molecule has 1 heterocycles. The number of carbonyl (C=O) groups excluding carboxylic acids is 1. The number of likely N-dealkylation sites (N-methyl/N-ethyl adjacent to an activating group) is 1. The van der Waals surface area contributed by atoms with Gasteiger partial charge in [-0.2, -0.15) is 0 Å². The topological polar surface area (TPSA) is 53.4 Å². The third-order valence-electron chi connectivity index (χ3n) is 2.35. The first kappa shape index (κ1) is 14.0. The molecule has 0 fully saturated rings. The van der Waals surface area contributed by atoms with E-state index < -0.39 is 0 Å². The Morgan fingerprint density at radius 1 is 1.47 bits per heavy atom. The first-order chi connectivity index (χ1) is 8.27. The molecule has 1 aromatic heterocycles. The van der Waals surface area contributed by atoms with Crippen molar-refractivity contribution in [1.29, 1.82) is 0 Å². The van der Waals surface area contributed by atoms with Crippen LogP contribution in [0.5, 0.6) is 0 Å². The predicted molar refractivity (Wildman–Crippen MR) is 69.7 cm³/mol. The smallest absolute Gasteiger partial charge is 0.232 e. The Bertz CT molecular complexity index is 333. The van der Waals surface area contributed by atoms with E-state index in [1.165, 1.54) is 5.56 Å². The van der Waals surface area contributed by atoms with Gasteiger partial charge in [-0.15, -0.1) is 11.8 Å². The zero-order valence-corrected chi connectivity index (χ0v) is 10.8. The molecule has 0 atom stereocenters. The van der Waals surface area contributed by atoms with Crippen LogP contribution < -0.4 is 0 Å². The molecule has 0 aliphatic carbocycles. The van der Waals surface area contributed by atoms with Crippen molar-refractivity contribution >= 4 is 17.7 Å². The quantitative estimate of drug-likeness (QED) is 0.793. The van der Waals surface area contributed by atoms with Gasteiger partial charge < -0.3 is 10.0 Å². The highest BCUT2D eigenvalue weighted by Gasteiger charge is 2.10. The average Bonchev–Trinajstić information content (AvgIpc) is 2.37. The van der Waals surface area contributed by atoms with Gasteiger partial charge in [0.05, 0.1) is 12.4 Å². The second-order valence-electron chi connectivity index (χ2n) is 3.55. The zero-order valence-electron chi connectivity index (χ0n) is 10.0. The monoisotopic (exact) mass is 254 g/mol. The van der Waals surface area contributed by atoms with E-state index in [9.17, 15) is 4.79 Å². The summed E-state index contributed by atoms with van der Waals surface area (Å²) in [7, 11) is 0. The lowest BCUT2D eigenvalue weighted by molar-refractivity contribution is -0.128. The maximum Gasteiger partial charge on any atom is 0.232 e. The van der Waals surface area contributed by atoms with Crippen LogP contribution in [0.25, 0.3) is 0 Å². The van der Waals surface area contributed by atoms with Crippen LogP contribution >= 0.6 is 11.8 Å². The normalized spacial score (nSPS) is 10.2. The second kappa shape index (κ2) is 8.08. The van der Waals surface area contributed by atoms with Crippen LogP contribution in [0.3, 0.4) is 0 Å². The fourth-order valence-corrected chi connectivity index (χ4v) is 2.29. The fraction of sp³-hybridized carbons (Fsp3) is 0.500. The number of nitrogens with zero attached hydrogens (tertiary/aromatic N) is 2.